The van der Waals surface area contributed by atoms with Crippen LogP contribution in [0.25, 0.3) is 0 Å². The molecule has 0 radical (unpaired) electrons. The fourth-order valence-electron chi connectivity index (χ4n) is 2.50. The molecule has 1 nitrogen and oxygen atoms in total. The van der Waals surface area contributed by atoms with Crippen molar-refractivity contribution in [2.24, 2.45) is 17.1 Å². The highest BCUT2D eigenvalue weighted by atomic mass is 19.3. The molecule has 0 aromatic carbocycles. The van der Waals surface area contributed by atoms with Crippen LogP contribution in [0.3, 0.4) is 0 Å². The summed E-state index contributed by atoms with van der Waals surface area (Å²) in [5.74, 6) is -2.16. The maximum absolute atomic E-state index is 12.6. The molecule has 70 valence electrons. The van der Waals surface area contributed by atoms with Crippen LogP contribution in [0.1, 0.15) is 32.1 Å². The summed E-state index contributed by atoms with van der Waals surface area (Å²) in [6, 6.07) is 0. The largest absolute Gasteiger partial charge is 0.330 e. The normalized spacial score (nSPS) is 32.2. The molecular weight excluding hydrogens is 160 g/mol. The van der Waals surface area contributed by atoms with Gasteiger partial charge in [0, 0.05) is 12.8 Å². The summed E-state index contributed by atoms with van der Waals surface area (Å²) in [5.41, 5.74) is 5.74. The van der Waals surface area contributed by atoms with Gasteiger partial charge in [0.25, 0.3) is 0 Å². The minimum absolute atomic E-state index is 0.0875. The summed E-state index contributed by atoms with van der Waals surface area (Å²) in [7, 11) is 0. The van der Waals surface area contributed by atoms with Crippen LogP contribution in [0.15, 0.2) is 0 Å². The smallest absolute Gasteiger partial charge is 0.248 e. The van der Waals surface area contributed by atoms with Crippen molar-refractivity contribution in [3.63, 3.8) is 0 Å². The molecule has 0 aromatic heterocycles. The van der Waals surface area contributed by atoms with Gasteiger partial charge >= 0.3 is 0 Å². The second-order valence-electron chi connectivity index (χ2n) is 4.38. The lowest BCUT2D eigenvalue weighted by Crippen LogP contribution is -2.52. The van der Waals surface area contributed by atoms with E-state index in [0.29, 0.717) is 6.54 Å². The van der Waals surface area contributed by atoms with E-state index in [4.69, 9.17) is 5.73 Å². The van der Waals surface area contributed by atoms with Crippen LogP contribution in [-0.4, -0.2) is 12.5 Å². The highest BCUT2D eigenvalue weighted by molar-refractivity contribution is 5.02. The van der Waals surface area contributed by atoms with Crippen molar-refractivity contribution in [3.05, 3.63) is 0 Å². The minimum atomic E-state index is -2.37. The van der Waals surface area contributed by atoms with Gasteiger partial charge in [-0.2, -0.15) is 0 Å². The molecule has 0 saturated heterocycles. The molecule has 2 fully saturated rings. The second-order valence-corrected chi connectivity index (χ2v) is 4.38. The Hall–Kier alpha value is -0.180. The lowest BCUT2D eigenvalue weighted by Gasteiger charge is -2.53. The van der Waals surface area contributed by atoms with Gasteiger partial charge < -0.3 is 5.73 Å². The molecule has 3 heteroatoms. The third kappa shape index (κ3) is 1.06. The molecule has 0 aromatic rings. The van der Waals surface area contributed by atoms with Crippen LogP contribution in [0, 0.1) is 11.3 Å². The van der Waals surface area contributed by atoms with Crippen LogP contribution in [0.4, 0.5) is 8.78 Å². The third-order valence-electron chi connectivity index (χ3n) is 3.71. The first-order chi connectivity index (χ1) is 5.58. The van der Waals surface area contributed by atoms with Crippen LogP contribution < -0.4 is 5.73 Å². The number of alkyl halides is 2. The molecule has 0 heterocycles. The van der Waals surface area contributed by atoms with Gasteiger partial charge in [-0.3, -0.25) is 0 Å². The number of hydrogen-bond donors (Lipinski definition) is 1. The van der Waals surface area contributed by atoms with Gasteiger partial charge in [-0.25, -0.2) is 8.78 Å². The quantitative estimate of drug-likeness (QED) is 0.683. The molecule has 2 rings (SSSR count). The summed E-state index contributed by atoms with van der Waals surface area (Å²) < 4.78 is 25.1. The van der Waals surface area contributed by atoms with Crippen molar-refractivity contribution < 1.29 is 8.78 Å². The van der Waals surface area contributed by atoms with Crippen LogP contribution >= 0.6 is 0 Å². The first-order valence-corrected chi connectivity index (χ1v) is 4.66. The fraction of sp³-hybridized carbons (Fsp3) is 1.00. The van der Waals surface area contributed by atoms with E-state index in [0.717, 1.165) is 12.8 Å². The average molecular weight is 175 g/mol. The third-order valence-corrected chi connectivity index (χ3v) is 3.71. The maximum Gasteiger partial charge on any atom is 0.248 e. The van der Waals surface area contributed by atoms with E-state index in [1.807, 2.05) is 0 Å². The number of hydrogen-bond acceptors (Lipinski definition) is 1. The molecule has 0 spiro atoms. The van der Waals surface area contributed by atoms with Gasteiger partial charge in [0.1, 0.15) is 0 Å². The SMILES string of the molecule is NCC1(C2CC(F)(F)C2)CCC1. The summed E-state index contributed by atoms with van der Waals surface area (Å²) in [5, 5.41) is 0. The Morgan fingerprint density at radius 2 is 1.83 bits per heavy atom. The number of nitrogens with two attached hydrogens (primary N) is 1. The second kappa shape index (κ2) is 2.41. The predicted molar refractivity (Wildman–Crippen MR) is 43.0 cm³/mol. The molecular formula is C9H15F2N. The van der Waals surface area contributed by atoms with Gasteiger partial charge in [-0.15, -0.1) is 0 Å². The summed E-state index contributed by atoms with van der Waals surface area (Å²) in [6.07, 6.45) is 3.50. The van der Waals surface area contributed by atoms with Gasteiger partial charge in [-0.1, -0.05) is 6.42 Å². The summed E-state index contributed by atoms with van der Waals surface area (Å²) in [6.45, 7) is 0.605. The first kappa shape index (κ1) is 8.42. The van der Waals surface area contributed by atoms with E-state index in [2.05, 4.69) is 0 Å². The van der Waals surface area contributed by atoms with Gasteiger partial charge in [-0.05, 0) is 30.7 Å². The van der Waals surface area contributed by atoms with E-state index in [1.165, 1.54) is 6.42 Å². The molecule has 2 saturated carbocycles. The minimum Gasteiger partial charge on any atom is -0.330 e. The van der Waals surface area contributed by atoms with Crippen molar-refractivity contribution in [2.75, 3.05) is 6.54 Å². The van der Waals surface area contributed by atoms with E-state index >= 15 is 0 Å². The fourth-order valence-corrected chi connectivity index (χ4v) is 2.50. The molecule has 0 atom stereocenters. The molecule has 2 aliphatic rings. The zero-order valence-corrected chi connectivity index (χ0v) is 7.15. The van der Waals surface area contributed by atoms with Crippen LogP contribution in [0.5, 0.6) is 0 Å². The molecule has 12 heavy (non-hydrogen) atoms. The molecule has 0 aliphatic heterocycles. The van der Waals surface area contributed by atoms with Gasteiger partial charge in [0.2, 0.25) is 5.92 Å². The lowest BCUT2D eigenvalue weighted by atomic mass is 9.54. The zero-order valence-electron chi connectivity index (χ0n) is 7.15. The van der Waals surface area contributed by atoms with Crippen LogP contribution in [0.2, 0.25) is 0 Å². The molecule has 0 amide bonds. The zero-order chi connectivity index (χ0) is 8.82. The molecule has 2 aliphatic carbocycles. The van der Waals surface area contributed by atoms with Crippen molar-refractivity contribution in [1.82, 2.24) is 0 Å². The van der Waals surface area contributed by atoms with E-state index in [-0.39, 0.29) is 24.2 Å². The van der Waals surface area contributed by atoms with Crippen molar-refractivity contribution in [3.8, 4) is 0 Å². The first-order valence-electron chi connectivity index (χ1n) is 4.66. The number of halogens is 2. The Labute approximate surface area is 71.3 Å². The van der Waals surface area contributed by atoms with E-state index < -0.39 is 5.92 Å². The Kier molecular flexibility index (Phi) is 1.69. The molecule has 2 N–H and O–H groups in total. The summed E-state index contributed by atoms with van der Waals surface area (Å²) >= 11 is 0. The van der Waals surface area contributed by atoms with E-state index in [9.17, 15) is 8.78 Å². The van der Waals surface area contributed by atoms with E-state index in [1.54, 1.807) is 0 Å². The number of rotatable bonds is 2. The monoisotopic (exact) mass is 175 g/mol. The Bertz CT molecular complexity index is 173. The van der Waals surface area contributed by atoms with Gasteiger partial charge in [0.15, 0.2) is 0 Å². The topological polar surface area (TPSA) is 26.0 Å². The van der Waals surface area contributed by atoms with Crippen LogP contribution in [-0.2, 0) is 0 Å². The summed E-state index contributed by atoms with van der Waals surface area (Å²) in [4.78, 5) is 0. The van der Waals surface area contributed by atoms with Crippen molar-refractivity contribution >= 4 is 0 Å². The van der Waals surface area contributed by atoms with Gasteiger partial charge in [0.05, 0.1) is 0 Å². The highest BCUT2D eigenvalue weighted by Crippen LogP contribution is 2.58. The molecule has 0 unspecified atom stereocenters. The predicted octanol–water partition coefficient (Wildman–Crippen LogP) is 2.16. The van der Waals surface area contributed by atoms with Crippen molar-refractivity contribution in [2.45, 2.75) is 38.0 Å². The standard InChI is InChI=1S/C9H15F2N/c10-9(11)4-7(5-9)8(6-12)2-1-3-8/h7H,1-6,12H2. The highest BCUT2D eigenvalue weighted by Gasteiger charge is 2.55. The lowest BCUT2D eigenvalue weighted by molar-refractivity contribution is -0.162. The maximum atomic E-state index is 12.6. The molecule has 0 bridgehead atoms. The Morgan fingerprint density at radius 3 is 2.08 bits per heavy atom. The Balaban J connectivity index is 1.94. The Morgan fingerprint density at radius 1 is 1.25 bits per heavy atom. The van der Waals surface area contributed by atoms with Crippen molar-refractivity contribution in [1.29, 1.82) is 0 Å². The average Bonchev–Trinajstić information content (AvgIpc) is 1.82.